The Morgan fingerprint density at radius 3 is 2.31 bits per heavy atom. The first-order valence-corrected chi connectivity index (χ1v) is 4.76. The highest BCUT2D eigenvalue weighted by Crippen LogP contribution is 2.13. The van der Waals surface area contributed by atoms with E-state index in [9.17, 15) is 13.2 Å². The molecule has 0 aromatic heterocycles. The van der Waals surface area contributed by atoms with Crippen molar-refractivity contribution in [2.24, 2.45) is 0 Å². The van der Waals surface area contributed by atoms with E-state index in [0.29, 0.717) is 0 Å². The first-order chi connectivity index (χ1) is 5.95. The molecule has 0 fully saturated rings. The Balaban J connectivity index is 3.35. The van der Waals surface area contributed by atoms with E-state index in [-0.39, 0.29) is 6.04 Å². The zero-order chi connectivity index (χ0) is 10.3. The minimum Gasteiger partial charge on any atom is -0.306 e. The lowest BCUT2D eigenvalue weighted by Gasteiger charge is -2.14. The van der Waals surface area contributed by atoms with E-state index in [4.69, 9.17) is 0 Å². The molecule has 0 saturated carbocycles. The van der Waals surface area contributed by atoms with Crippen LogP contribution in [0.4, 0.5) is 13.2 Å². The molecule has 0 aliphatic carbocycles. The van der Waals surface area contributed by atoms with Crippen molar-refractivity contribution in [2.75, 3.05) is 6.54 Å². The number of hydrogen-bond acceptors (Lipinski definition) is 1. The molecule has 0 saturated heterocycles. The van der Waals surface area contributed by atoms with Crippen molar-refractivity contribution in [1.82, 2.24) is 5.32 Å². The van der Waals surface area contributed by atoms with Crippen LogP contribution in [0.5, 0.6) is 0 Å². The van der Waals surface area contributed by atoms with Gasteiger partial charge in [0.15, 0.2) is 0 Å². The van der Waals surface area contributed by atoms with Gasteiger partial charge in [0.2, 0.25) is 0 Å². The molecule has 1 N–H and O–H groups in total. The Morgan fingerprint density at radius 1 is 1.23 bits per heavy atom. The van der Waals surface area contributed by atoms with E-state index in [1.54, 1.807) is 6.92 Å². The smallest absolute Gasteiger partial charge is 0.306 e. The van der Waals surface area contributed by atoms with Crippen molar-refractivity contribution < 1.29 is 13.2 Å². The fraction of sp³-hybridized carbons (Fsp3) is 1.00. The molecule has 80 valence electrons. The molecular formula is C9H18F3N. The molecule has 13 heavy (non-hydrogen) atoms. The number of halogens is 3. The number of nitrogens with one attached hydrogen (secondary N) is 1. The van der Waals surface area contributed by atoms with Gasteiger partial charge in [-0.2, -0.15) is 13.2 Å². The first-order valence-electron chi connectivity index (χ1n) is 4.76. The van der Waals surface area contributed by atoms with Crippen LogP contribution in [-0.4, -0.2) is 18.8 Å². The molecule has 1 unspecified atom stereocenters. The quantitative estimate of drug-likeness (QED) is 0.645. The zero-order valence-electron chi connectivity index (χ0n) is 8.25. The summed E-state index contributed by atoms with van der Waals surface area (Å²) < 4.78 is 35.2. The molecule has 0 aromatic carbocycles. The van der Waals surface area contributed by atoms with Crippen molar-refractivity contribution in [2.45, 2.75) is 51.7 Å². The van der Waals surface area contributed by atoms with E-state index in [1.807, 2.05) is 0 Å². The summed E-state index contributed by atoms with van der Waals surface area (Å²) in [5.41, 5.74) is 0. The third-order valence-electron chi connectivity index (χ3n) is 1.89. The van der Waals surface area contributed by atoms with Gasteiger partial charge in [-0.05, 0) is 13.3 Å². The summed E-state index contributed by atoms with van der Waals surface area (Å²) in [6.45, 7) is 3.00. The monoisotopic (exact) mass is 197 g/mol. The lowest BCUT2D eigenvalue weighted by molar-refractivity contribution is -0.126. The molecule has 0 aliphatic rings. The van der Waals surface area contributed by atoms with E-state index < -0.39 is 12.7 Å². The average molecular weight is 197 g/mol. The lowest BCUT2D eigenvalue weighted by atomic mass is 10.1. The molecule has 0 aromatic rings. The van der Waals surface area contributed by atoms with E-state index in [1.165, 1.54) is 0 Å². The molecule has 0 spiro atoms. The van der Waals surface area contributed by atoms with Gasteiger partial charge in [-0.3, -0.25) is 0 Å². The summed E-state index contributed by atoms with van der Waals surface area (Å²) in [4.78, 5) is 0. The predicted molar refractivity (Wildman–Crippen MR) is 47.7 cm³/mol. The number of unbranched alkanes of at least 4 members (excludes halogenated alkanes) is 2. The second-order valence-electron chi connectivity index (χ2n) is 3.39. The second-order valence-corrected chi connectivity index (χ2v) is 3.39. The number of rotatable bonds is 6. The maximum Gasteiger partial charge on any atom is 0.401 e. The van der Waals surface area contributed by atoms with Gasteiger partial charge in [0, 0.05) is 6.04 Å². The molecule has 0 heterocycles. The summed E-state index contributed by atoms with van der Waals surface area (Å²) in [5, 5.41) is 2.46. The molecule has 0 amide bonds. The van der Waals surface area contributed by atoms with Crippen LogP contribution in [0.2, 0.25) is 0 Å². The van der Waals surface area contributed by atoms with Crippen LogP contribution >= 0.6 is 0 Å². The molecule has 0 aliphatic heterocycles. The molecular weight excluding hydrogens is 179 g/mol. The third-order valence-corrected chi connectivity index (χ3v) is 1.89. The molecule has 0 bridgehead atoms. The van der Waals surface area contributed by atoms with Gasteiger partial charge in [-0.25, -0.2) is 0 Å². The maximum absolute atomic E-state index is 11.7. The number of hydrogen-bond donors (Lipinski definition) is 1. The van der Waals surface area contributed by atoms with Crippen LogP contribution in [-0.2, 0) is 0 Å². The average Bonchev–Trinajstić information content (AvgIpc) is 2.00. The Kier molecular flexibility index (Phi) is 6.12. The first kappa shape index (κ1) is 12.8. The molecule has 0 rings (SSSR count). The van der Waals surface area contributed by atoms with Gasteiger partial charge in [-0.15, -0.1) is 0 Å². The van der Waals surface area contributed by atoms with Crippen molar-refractivity contribution in [3.63, 3.8) is 0 Å². The van der Waals surface area contributed by atoms with Crippen LogP contribution < -0.4 is 5.32 Å². The summed E-state index contributed by atoms with van der Waals surface area (Å²) in [5.74, 6) is 0. The summed E-state index contributed by atoms with van der Waals surface area (Å²) in [6.07, 6.45) is -0.0600. The van der Waals surface area contributed by atoms with Crippen molar-refractivity contribution >= 4 is 0 Å². The third kappa shape index (κ3) is 9.67. The Morgan fingerprint density at radius 2 is 1.85 bits per heavy atom. The van der Waals surface area contributed by atoms with Crippen LogP contribution in [0, 0.1) is 0 Å². The minimum atomic E-state index is -4.08. The van der Waals surface area contributed by atoms with Crippen molar-refractivity contribution in [3.8, 4) is 0 Å². The maximum atomic E-state index is 11.7. The van der Waals surface area contributed by atoms with E-state index in [0.717, 1.165) is 25.7 Å². The van der Waals surface area contributed by atoms with Gasteiger partial charge < -0.3 is 5.32 Å². The summed E-state index contributed by atoms with van der Waals surface area (Å²) in [6, 6.07) is -0.0341. The highest BCUT2D eigenvalue weighted by molar-refractivity contribution is 4.63. The Bertz CT molecular complexity index is 123. The van der Waals surface area contributed by atoms with E-state index in [2.05, 4.69) is 12.2 Å². The van der Waals surface area contributed by atoms with Crippen molar-refractivity contribution in [1.29, 1.82) is 0 Å². The van der Waals surface area contributed by atoms with Crippen LogP contribution in [0.1, 0.15) is 39.5 Å². The van der Waals surface area contributed by atoms with Gasteiger partial charge >= 0.3 is 6.18 Å². The normalized spacial score (nSPS) is 14.5. The highest BCUT2D eigenvalue weighted by atomic mass is 19.4. The molecule has 1 nitrogen and oxygen atoms in total. The van der Waals surface area contributed by atoms with Gasteiger partial charge in [-0.1, -0.05) is 26.2 Å². The molecule has 0 radical (unpaired) electrons. The molecule has 4 heteroatoms. The topological polar surface area (TPSA) is 12.0 Å². The standard InChI is InChI=1S/C9H18F3N/c1-3-4-5-6-8(2)13-7-9(10,11)12/h8,13H,3-7H2,1-2H3. The van der Waals surface area contributed by atoms with Crippen molar-refractivity contribution in [3.05, 3.63) is 0 Å². The number of alkyl halides is 3. The van der Waals surface area contributed by atoms with Crippen LogP contribution in [0.15, 0.2) is 0 Å². The largest absolute Gasteiger partial charge is 0.401 e. The van der Waals surface area contributed by atoms with Gasteiger partial charge in [0.25, 0.3) is 0 Å². The fourth-order valence-corrected chi connectivity index (χ4v) is 1.09. The van der Waals surface area contributed by atoms with Gasteiger partial charge in [0.05, 0.1) is 6.54 Å². The predicted octanol–water partition coefficient (Wildman–Crippen LogP) is 3.11. The summed E-state index contributed by atoms with van der Waals surface area (Å²) >= 11 is 0. The minimum absolute atomic E-state index is 0.0341. The summed E-state index contributed by atoms with van der Waals surface area (Å²) in [7, 11) is 0. The van der Waals surface area contributed by atoms with Gasteiger partial charge in [0.1, 0.15) is 0 Å². The highest BCUT2D eigenvalue weighted by Gasteiger charge is 2.26. The Hall–Kier alpha value is -0.250. The van der Waals surface area contributed by atoms with Crippen LogP contribution in [0.25, 0.3) is 0 Å². The fourth-order valence-electron chi connectivity index (χ4n) is 1.09. The lowest BCUT2D eigenvalue weighted by Crippen LogP contribution is -2.35. The van der Waals surface area contributed by atoms with E-state index >= 15 is 0 Å². The molecule has 1 atom stereocenters. The zero-order valence-corrected chi connectivity index (χ0v) is 8.25. The van der Waals surface area contributed by atoms with Crippen LogP contribution in [0.3, 0.4) is 0 Å². The Labute approximate surface area is 77.7 Å². The second kappa shape index (κ2) is 6.24. The SMILES string of the molecule is CCCCCC(C)NCC(F)(F)F.